The first kappa shape index (κ1) is 21.0. The third-order valence-corrected chi connectivity index (χ3v) is 5.52. The molecule has 2 amide bonds. The van der Waals surface area contributed by atoms with E-state index in [2.05, 4.69) is 10.5 Å². The van der Waals surface area contributed by atoms with Crippen LogP contribution in [0.2, 0.25) is 0 Å². The molecule has 1 aliphatic heterocycles. The fraction of sp³-hybridized carbons (Fsp3) is 0.500. The van der Waals surface area contributed by atoms with Crippen molar-refractivity contribution in [3.8, 4) is 0 Å². The van der Waals surface area contributed by atoms with Crippen molar-refractivity contribution in [1.29, 1.82) is 0 Å². The van der Waals surface area contributed by atoms with Gasteiger partial charge in [0.25, 0.3) is 0 Å². The molecule has 1 N–H and O–H groups in total. The topological polar surface area (TPSA) is 84.7 Å². The van der Waals surface area contributed by atoms with E-state index < -0.39 is 0 Å². The summed E-state index contributed by atoms with van der Waals surface area (Å²) in [6, 6.07) is 5.78. The van der Waals surface area contributed by atoms with Crippen LogP contribution >= 0.6 is 0 Å². The lowest BCUT2D eigenvalue weighted by Gasteiger charge is -2.25. The molecule has 29 heavy (non-hydrogen) atoms. The van der Waals surface area contributed by atoms with E-state index in [1.165, 1.54) is 0 Å². The fourth-order valence-corrected chi connectivity index (χ4v) is 3.56. The summed E-state index contributed by atoms with van der Waals surface area (Å²) in [4.78, 5) is 27.3. The van der Waals surface area contributed by atoms with Gasteiger partial charge in [-0.1, -0.05) is 17.3 Å². The Balaban J connectivity index is 1.71. The monoisotopic (exact) mass is 399 g/mol. The Morgan fingerprint density at radius 1 is 1.24 bits per heavy atom. The maximum atomic E-state index is 13.0. The van der Waals surface area contributed by atoms with Crippen LogP contribution in [0.1, 0.15) is 41.0 Å². The summed E-state index contributed by atoms with van der Waals surface area (Å²) in [6.07, 6.45) is 2.00. The van der Waals surface area contributed by atoms with Crippen molar-refractivity contribution in [1.82, 2.24) is 10.1 Å². The molecule has 7 heteroatoms. The van der Waals surface area contributed by atoms with Gasteiger partial charge in [-0.15, -0.1) is 0 Å². The van der Waals surface area contributed by atoms with Crippen molar-refractivity contribution in [3.05, 3.63) is 46.3 Å². The number of aromatic nitrogens is 1. The zero-order chi connectivity index (χ0) is 21.0. The molecular weight excluding hydrogens is 370 g/mol. The summed E-state index contributed by atoms with van der Waals surface area (Å²) in [5.41, 5.74) is 4.38. The zero-order valence-corrected chi connectivity index (χ0v) is 17.6. The van der Waals surface area contributed by atoms with Crippen LogP contribution in [0.5, 0.6) is 0 Å². The van der Waals surface area contributed by atoms with E-state index in [9.17, 15) is 9.59 Å². The van der Waals surface area contributed by atoms with Crippen LogP contribution in [0.4, 0.5) is 5.69 Å². The predicted octanol–water partition coefficient (Wildman–Crippen LogP) is 3.10. The molecule has 0 radical (unpaired) electrons. The molecule has 2 heterocycles. The highest BCUT2D eigenvalue weighted by Crippen LogP contribution is 2.19. The van der Waals surface area contributed by atoms with Gasteiger partial charge in [0.1, 0.15) is 5.76 Å². The second-order valence-corrected chi connectivity index (χ2v) is 7.68. The average Bonchev–Trinajstić information content (AvgIpc) is 3.30. The molecule has 1 saturated heterocycles. The molecule has 156 valence electrons. The molecule has 3 rings (SSSR count). The second kappa shape index (κ2) is 9.22. The SMILES string of the molecule is Cc1cccc(NC(=O)CN(C[C@H]2CCCO2)C(=O)Cc2c(C)noc2C)c1C. The summed E-state index contributed by atoms with van der Waals surface area (Å²) < 4.78 is 10.9. The minimum atomic E-state index is -0.219. The average molecular weight is 399 g/mol. The summed E-state index contributed by atoms with van der Waals surface area (Å²) >= 11 is 0. The van der Waals surface area contributed by atoms with Gasteiger partial charge in [-0.2, -0.15) is 0 Å². The molecule has 2 aromatic rings. The molecular formula is C22H29N3O4. The lowest BCUT2D eigenvalue weighted by molar-refractivity contribution is -0.135. The van der Waals surface area contributed by atoms with Crippen molar-refractivity contribution in [2.24, 2.45) is 0 Å². The van der Waals surface area contributed by atoms with E-state index in [0.29, 0.717) is 24.6 Å². The van der Waals surface area contributed by atoms with Crippen LogP contribution in [0.15, 0.2) is 22.7 Å². The van der Waals surface area contributed by atoms with E-state index in [4.69, 9.17) is 9.26 Å². The Bertz CT molecular complexity index is 865. The Hall–Kier alpha value is -2.67. The number of ether oxygens (including phenoxy) is 1. The molecule has 1 aromatic carbocycles. The number of anilines is 1. The van der Waals surface area contributed by atoms with Crippen molar-refractivity contribution >= 4 is 17.5 Å². The summed E-state index contributed by atoms with van der Waals surface area (Å²) in [7, 11) is 0. The maximum Gasteiger partial charge on any atom is 0.244 e. The summed E-state index contributed by atoms with van der Waals surface area (Å²) in [5.74, 6) is 0.280. The van der Waals surface area contributed by atoms with E-state index >= 15 is 0 Å². The number of benzene rings is 1. The van der Waals surface area contributed by atoms with Gasteiger partial charge >= 0.3 is 0 Å². The summed E-state index contributed by atoms with van der Waals surface area (Å²) in [5, 5.41) is 6.86. The fourth-order valence-electron chi connectivity index (χ4n) is 3.56. The van der Waals surface area contributed by atoms with Crippen LogP contribution in [0, 0.1) is 27.7 Å². The largest absolute Gasteiger partial charge is 0.376 e. The third-order valence-electron chi connectivity index (χ3n) is 5.52. The van der Waals surface area contributed by atoms with Gasteiger partial charge in [-0.05, 0) is 57.7 Å². The number of rotatable bonds is 7. The van der Waals surface area contributed by atoms with Gasteiger partial charge in [0.2, 0.25) is 11.8 Å². The molecule has 0 bridgehead atoms. The van der Waals surface area contributed by atoms with Gasteiger partial charge in [0.05, 0.1) is 24.8 Å². The molecule has 0 unspecified atom stereocenters. The highest BCUT2D eigenvalue weighted by atomic mass is 16.5. The number of amides is 2. The van der Waals surface area contributed by atoms with Crippen molar-refractivity contribution in [2.75, 3.05) is 25.0 Å². The Labute approximate surface area is 171 Å². The molecule has 7 nitrogen and oxygen atoms in total. The van der Waals surface area contributed by atoms with E-state index in [0.717, 1.165) is 35.2 Å². The maximum absolute atomic E-state index is 13.0. The normalized spacial score (nSPS) is 16.1. The Morgan fingerprint density at radius 3 is 2.69 bits per heavy atom. The van der Waals surface area contributed by atoms with Crippen molar-refractivity contribution in [2.45, 2.75) is 53.1 Å². The standard InChI is InChI=1S/C22H29N3O4/c1-14-7-5-9-20(15(14)2)23-21(26)13-25(12-18-8-6-10-28-18)22(27)11-19-16(3)24-29-17(19)4/h5,7,9,18H,6,8,10-13H2,1-4H3,(H,23,26)/t18-/m1/s1. The van der Waals surface area contributed by atoms with Crippen LogP contribution in [-0.2, 0) is 20.7 Å². The van der Waals surface area contributed by atoms with Crippen LogP contribution in [0.25, 0.3) is 0 Å². The zero-order valence-electron chi connectivity index (χ0n) is 17.6. The Kier molecular flexibility index (Phi) is 6.69. The van der Waals surface area contributed by atoms with Crippen molar-refractivity contribution < 1.29 is 18.8 Å². The van der Waals surface area contributed by atoms with Gasteiger partial charge < -0.3 is 19.5 Å². The number of nitrogens with zero attached hydrogens (tertiary/aromatic N) is 2. The molecule has 1 aromatic heterocycles. The summed E-state index contributed by atoms with van der Waals surface area (Å²) in [6.45, 7) is 8.67. The number of carbonyl (C=O) groups excluding carboxylic acids is 2. The first-order chi connectivity index (χ1) is 13.8. The quantitative estimate of drug-likeness (QED) is 0.773. The lowest BCUT2D eigenvalue weighted by Crippen LogP contribution is -2.43. The first-order valence-corrected chi connectivity index (χ1v) is 10.0. The smallest absolute Gasteiger partial charge is 0.244 e. The molecule has 0 saturated carbocycles. The molecule has 1 fully saturated rings. The highest BCUT2D eigenvalue weighted by Gasteiger charge is 2.26. The lowest BCUT2D eigenvalue weighted by atomic mass is 10.1. The molecule has 0 spiro atoms. The van der Waals surface area contributed by atoms with Gasteiger partial charge in [0, 0.05) is 24.4 Å². The van der Waals surface area contributed by atoms with E-state index in [-0.39, 0.29) is 30.9 Å². The van der Waals surface area contributed by atoms with Crippen LogP contribution < -0.4 is 5.32 Å². The second-order valence-electron chi connectivity index (χ2n) is 7.68. The number of carbonyl (C=O) groups is 2. The molecule has 1 aliphatic rings. The Morgan fingerprint density at radius 2 is 2.03 bits per heavy atom. The molecule has 1 atom stereocenters. The minimum Gasteiger partial charge on any atom is -0.376 e. The van der Waals surface area contributed by atoms with E-state index in [1.54, 1.807) is 11.8 Å². The number of nitrogens with one attached hydrogen (secondary N) is 1. The van der Waals surface area contributed by atoms with Crippen LogP contribution in [-0.4, -0.2) is 47.7 Å². The minimum absolute atomic E-state index is 0.0184. The number of hydrogen-bond donors (Lipinski definition) is 1. The first-order valence-electron chi connectivity index (χ1n) is 10.0. The predicted molar refractivity (Wildman–Crippen MR) is 110 cm³/mol. The van der Waals surface area contributed by atoms with Crippen LogP contribution in [0.3, 0.4) is 0 Å². The molecule has 0 aliphatic carbocycles. The van der Waals surface area contributed by atoms with Crippen molar-refractivity contribution in [3.63, 3.8) is 0 Å². The number of hydrogen-bond acceptors (Lipinski definition) is 5. The van der Waals surface area contributed by atoms with Gasteiger partial charge in [-0.25, -0.2) is 0 Å². The van der Waals surface area contributed by atoms with E-state index in [1.807, 2.05) is 39.0 Å². The van der Waals surface area contributed by atoms with Gasteiger partial charge in [0.15, 0.2) is 0 Å². The van der Waals surface area contributed by atoms with Gasteiger partial charge in [-0.3, -0.25) is 9.59 Å². The third kappa shape index (κ3) is 5.23. The number of aryl methyl sites for hydroxylation is 3. The highest BCUT2D eigenvalue weighted by molar-refractivity contribution is 5.95.